The van der Waals surface area contributed by atoms with Crippen LogP contribution in [0, 0.1) is 12.8 Å². The molecule has 3 heteroatoms. The molecule has 0 spiro atoms. The van der Waals surface area contributed by atoms with Gasteiger partial charge in [-0.15, -0.1) is 0 Å². The Balaban J connectivity index is 2.20. The van der Waals surface area contributed by atoms with Crippen LogP contribution in [0.15, 0.2) is 18.2 Å². The van der Waals surface area contributed by atoms with Gasteiger partial charge in [-0.2, -0.15) is 0 Å². The molecule has 2 unspecified atom stereocenters. The highest BCUT2D eigenvalue weighted by Crippen LogP contribution is 2.32. The summed E-state index contributed by atoms with van der Waals surface area (Å²) < 4.78 is 0. The van der Waals surface area contributed by atoms with E-state index < -0.39 is 5.60 Å². The van der Waals surface area contributed by atoms with Gasteiger partial charge in [-0.25, -0.2) is 0 Å². The number of aryl methyl sites for hydroxylation is 1. The summed E-state index contributed by atoms with van der Waals surface area (Å²) in [5.74, 6) is 0.309. The lowest BCUT2D eigenvalue weighted by atomic mass is 9.76. The molecule has 18 heavy (non-hydrogen) atoms. The number of halogens is 1. The average Bonchev–Trinajstić information content (AvgIpc) is 2.33. The van der Waals surface area contributed by atoms with Crippen molar-refractivity contribution in [1.82, 2.24) is 5.32 Å². The van der Waals surface area contributed by atoms with Gasteiger partial charge in [0.15, 0.2) is 0 Å². The average molecular weight is 268 g/mol. The minimum atomic E-state index is -0.612. The number of nitrogens with one attached hydrogen (secondary N) is 1. The molecule has 0 radical (unpaired) electrons. The molecule has 2 N–H and O–H groups in total. The summed E-state index contributed by atoms with van der Waals surface area (Å²) in [6.07, 6.45) is 2.45. The summed E-state index contributed by atoms with van der Waals surface area (Å²) in [7, 11) is 0. The normalized spacial score (nSPS) is 28.3. The second-order valence-electron chi connectivity index (χ2n) is 5.43. The molecular formula is C15H22ClNO. The van der Waals surface area contributed by atoms with Crippen LogP contribution in [-0.4, -0.2) is 23.8 Å². The van der Waals surface area contributed by atoms with Gasteiger partial charge in [0.2, 0.25) is 0 Å². The molecule has 0 aromatic heterocycles. The van der Waals surface area contributed by atoms with Gasteiger partial charge in [0, 0.05) is 23.9 Å². The van der Waals surface area contributed by atoms with E-state index in [1.165, 1.54) is 0 Å². The summed E-state index contributed by atoms with van der Waals surface area (Å²) in [5.41, 5.74) is 1.61. The maximum atomic E-state index is 10.9. The van der Waals surface area contributed by atoms with E-state index in [9.17, 15) is 5.11 Å². The molecule has 2 atom stereocenters. The van der Waals surface area contributed by atoms with Gasteiger partial charge in [0.25, 0.3) is 0 Å². The summed E-state index contributed by atoms with van der Waals surface area (Å²) >= 11 is 6.27. The Labute approximate surface area is 114 Å². The summed E-state index contributed by atoms with van der Waals surface area (Å²) in [6, 6.07) is 6.08. The fourth-order valence-electron chi connectivity index (χ4n) is 2.86. The van der Waals surface area contributed by atoms with Crippen LogP contribution in [0.1, 0.15) is 30.9 Å². The Bertz CT molecular complexity index is 421. The molecule has 1 fully saturated rings. The fourth-order valence-corrected chi connectivity index (χ4v) is 3.16. The van der Waals surface area contributed by atoms with E-state index in [1.807, 2.05) is 19.1 Å². The lowest BCUT2D eigenvalue weighted by Crippen LogP contribution is -2.51. The molecule has 1 aromatic rings. The lowest BCUT2D eigenvalue weighted by molar-refractivity contribution is -0.0414. The second-order valence-corrected chi connectivity index (χ2v) is 5.84. The number of piperidine rings is 1. The first-order valence-corrected chi connectivity index (χ1v) is 7.11. The zero-order valence-corrected chi connectivity index (χ0v) is 11.9. The second kappa shape index (κ2) is 5.60. The van der Waals surface area contributed by atoms with Gasteiger partial charge in [-0.05, 0) is 43.5 Å². The molecule has 2 nitrogen and oxygen atoms in total. The quantitative estimate of drug-likeness (QED) is 0.883. The fraction of sp³-hybridized carbons (Fsp3) is 0.600. The molecule has 0 amide bonds. The molecule has 1 aliphatic heterocycles. The van der Waals surface area contributed by atoms with Crippen molar-refractivity contribution in [2.24, 2.45) is 5.92 Å². The van der Waals surface area contributed by atoms with Crippen molar-refractivity contribution in [2.75, 3.05) is 13.1 Å². The topological polar surface area (TPSA) is 32.3 Å². The molecule has 0 saturated carbocycles. The Morgan fingerprint density at radius 2 is 2.28 bits per heavy atom. The summed E-state index contributed by atoms with van der Waals surface area (Å²) in [4.78, 5) is 0. The highest BCUT2D eigenvalue weighted by molar-refractivity contribution is 6.31. The third-order valence-electron chi connectivity index (χ3n) is 4.08. The Hall–Kier alpha value is -0.570. The minimum absolute atomic E-state index is 0.309. The molecule has 1 aliphatic rings. The van der Waals surface area contributed by atoms with E-state index in [-0.39, 0.29) is 0 Å². The van der Waals surface area contributed by atoms with Crippen LogP contribution in [0.2, 0.25) is 5.02 Å². The van der Waals surface area contributed by atoms with Crippen molar-refractivity contribution >= 4 is 11.6 Å². The van der Waals surface area contributed by atoms with E-state index in [0.29, 0.717) is 12.3 Å². The Morgan fingerprint density at radius 1 is 1.50 bits per heavy atom. The van der Waals surface area contributed by atoms with Crippen molar-refractivity contribution in [1.29, 1.82) is 0 Å². The van der Waals surface area contributed by atoms with Gasteiger partial charge in [0.1, 0.15) is 0 Å². The summed E-state index contributed by atoms with van der Waals surface area (Å²) in [6.45, 7) is 5.95. The summed E-state index contributed by atoms with van der Waals surface area (Å²) in [5, 5.41) is 15.0. The standard InChI is InChI=1S/C15H22ClNO/c1-3-13-10-17-7-6-15(13,18)9-12-5-4-11(2)8-14(12)16/h4-5,8,13,17-18H,3,6-7,9-10H2,1-2H3. The van der Waals surface area contributed by atoms with E-state index in [2.05, 4.69) is 18.3 Å². The van der Waals surface area contributed by atoms with Crippen LogP contribution in [-0.2, 0) is 6.42 Å². The zero-order chi connectivity index (χ0) is 13.2. The largest absolute Gasteiger partial charge is 0.389 e. The predicted molar refractivity (Wildman–Crippen MR) is 76.1 cm³/mol. The number of rotatable bonds is 3. The monoisotopic (exact) mass is 267 g/mol. The minimum Gasteiger partial charge on any atom is -0.389 e. The maximum Gasteiger partial charge on any atom is 0.0740 e. The van der Waals surface area contributed by atoms with Crippen LogP contribution in [0.3, 0.4) is 0 Å². The number of hydrogen-bond donors (Lipinski definition) is 2. The predicted octanol–water partition coefficient (Wildman–Crippen LogP) is 2.94. The van der Waals surface area contributed by atoms with Crippen LogP contribution in [0.4, 0.5) is 0 Å². The van der Waals surface area contributed by atoms with E-state index in [4.69, 9.17) is 11.6 Å². The van der Waals surface area contributed by atoms with Gasteiger partial charge < -0.3 is 10.4 Å². The molecule has 0 aliphatic carbocycles. The first kappa shape index (κ1) is 13.9. The van der Waals surface area contributed by atoms with Crippen LogP contribution in [0.25, 0.3) is 0 Å². The molecule has 1 aromatic carbocycles. The highest BCUT2D eigenvalue weighted by atomic mass is 35.5. The Morgan fingerprint density at radius 3 is 2.94 bits per heavy atom. The lowest BCUT2D eigenvalue weighted by Gasteiger charge is -2.40. The first-order valence-electron chi connectivity index (χ1n) is 6.73. The van der Waals surface area contributed by atoms with Gasteiger partial charge in [-0.1, -0.05) is 30.7 Å². The third-order valence-corrected chi connectivity index (χ3v) is 4.44. The molecule has 1 heterocycles. The van der Waals surface area contributed by atoms with Crippen molar-refractivity contribution in [3.05, 3.63) is 34.3 Å². The van der Waals surface area contributed by atoms with Crippen molar-refractivity contribution in [2.45, 2.75) is 38.7 Å². The molecule has 1 saturated heterocycles. The van der Waals surface area contributed by atoms with Crippen molar-refractivity contribution in [3.63, 3.8) is 0 Å². The van der Waals surface area contributed by atoms with Crippen molar-refractivity contribution in [3.8, 4) is 0 Å². The van der Waals surface area contributed by atoms with Gasteiger partial charge >= 0.3 is 0 Å². The van der Waals surface area contributed by atoms with Crippen LogP contribution >= 0.6 is 11.6 Å². The number of aliphatic hydroxyl groups is 1. The van der Waals surface area contributed by atoms with E-state index >= 15 is 0 Å². The van der Waals surface area contributed by atoms with Crippen LogP contribution < -0.4 is 5.32 Å². The zero-order valence-electron chi connectivity index (χ0n) is 11.2. The van der Waals surface area contributed by atoms with Crippen LogP contribution in [0.5, 0.6) is 0 Å². The first-order chi connectivity index (χ1) is 8.55. The maximum absolute atomic E-state index is 10.9. The van der Waals surface area contributed by atoms with E-state index in [0.717, 1.165) is 42.1 Å². The van der Waals surface area contributed by atoms with E-state index in [1.54, 1.807) is 0 Å². The van der Waals surface area contributed by atoms with Gasteiger partial charge in [-0.3, -0.25) is 0 Å². The van der Waals surface area contributed by atoms with Crippen molar-refractivity contribution < 1.29 is 5.11 Å². The number of hydrogen-bond acceptors (Lipinski definition) is 2. The highest BCUT2D eigenvalue weighted by Gasteiger charge is 2.38. The molecule has 0 bridgehead atoms. The molecule has 100 valence electrons. The number of benzene rings is 1. The molecular weight excluding hydrogens is 246 g/mol. The third kappa shape index (κ3) is 2.87. The van der Waals surface area contributed by atoms with Gasteiger partial charge in [0.05, 0.1) is 5.60 Å². The Kier molecular flexibility index (Phi) is 4.31. The SMILES string of the molecule is CCC1CNCCC1(O)Cc1ccc(C)cc1Cl. The molecule has 2 rings (SSSR count). The smallest absolute Gasteiger partial charge is 0.0740 e.